The second-order valence-corrected chi connectivity index (χ2v) is 10.8. The molecule has 5 rings (SSSR count). The molecule has 0 aliphatic heterocycles. The molecule has 0 bridgehead atoms. The van der Waals surface area contributed by atoms with Gasteiger partial charge in [0.15, 0.2) is 4.96 Å². The second-order valence-electron chi connectivity index (χ2n) is 8.31. The molecule has 0 aliphatic rings. The first kappa shape index (κ1) is 24.5. The average molecular weight is 537 g/mol. The number of sulfonamides is 1. The van der Waals surface area contributed by atoms with Gasteiger partial charge in [-0.1, -0.05) is 0 Å². The number of nitrogens with zero attached hydrogens (tertiary/aromatic N) is 4. The molecule has 0 saturated carbocycles. The number of halogens is 1. The third-order valence-electron chi connectivity index (χ3n) is 5.42. The summed E-state index contributed by atoms with van der Waals surface area (Å²) in [4.78, 5) is 26.2. The van der Waals surface area contributed by atoms with Crippen molar-refractivity contribution in [2.75, 3.05) is 10.0 Å². The molecule has 0 atom stereocenters. The Morgan fingerprint density at radius 3 is 2.46 bits per heavy atom. The van der Waals surface area contributed by atoms with E-state index in [0.29, 0.717) is 22.9 Å². The third kappa shape index (κ3) is 5.49. The highest BCUT2D eigenvalue weighted by Crippen LogP contribution is 2.25. The fraction of sp³-hybridized carbons (Fsp3) is 0.120. The highest BCUT2D eigenvalue weighted by Gasteiger charge is 2.17. The standard InChI is InChI=1S/C25H21FN6O3S2/c1-15-11-23(28-16(2)27-15)31-37(34,35)21-9-7-19(8-10-21)29-24(33)12-20-14-36-25-30-22(13-32(20)25)17-3-5-18(26)6-4-17/h3-11,13-14H,12H2,1-2H3,(H,29,33)(H,27,28,31). The van der Waals surface area contributed by atoms with Gasteiger partial charge in [-0.25, -0.2) is 27.8 Å². The number of imidazole rings is 1. The molecule has 5 aromatic rings. The summed E-state index contributed by atoms with van der Waals surface area (Å²) in [6.45, 7) is 3.43. The van der Waals surface area contributed by atoms with Crippen molar-refractivity contribution in [3.05, 3.63) is 89.2 Å². The number of aromatic nitrogens is 4. The minimum atomic E-state index is -3.86. The van der Waals surface area contributed by atoms with Crippen LogP contribution < -0.4 is 10.0 Å². The highest BCUT2D eigenvalue weighted by atomic mass is 32.2. The van der Waals surface area contributed by atoms with Crippen LogP contribution in [0.15, 0.2) is 71.1 Å². The van der Waals surface area contributed by atoms with Gasteiger partial charge in [0.2, 0.25) is 5.91 Å². The van der Waals surface area contributed by atoms with Crippen molar-refractivity contribution in [1.82, 2.24) is 19.4 Å². The van der Waals surface area contributed by atoms with Crippen LogP contribution in [-0.4, -0.2) is 33.7 Å². The summed E-state index contributed by atoms with van der Waals surface area (Å²) >= 11 is 1.40. The predicted molar refractivity (Wildman–Crippen MR) is 140 cm³/mol. The fourth-order valence-electron chi connectivity index (χ4n) is 3.77. The lowest BCUT2D eigenvalue weighted by Gasteiger charge is -2.10. The molecule has 188 valence electrons. The van der Waals surface area contributed by atoms with Gasteiger partial charge in [-0.2, -0.15) is 0 Å². The van der Waals surface area contributed by atoms with Crippen LogP contribution >= 0.6 is 11.3 Å². The van der Waals surface area contributed by atoms with Crippen molar-refractivity contribution in [2.24, 2.45) is 0 Å². The van der Waals surface area contributed by atoms with E-state index in [-0.39, 0.29) is 28.9 Å². The van der Waals surface area contributed by atoms with Crippen molar-refractivity contribution >= 4 is 43.7 Å². The number of carbonyl (C=O) groups is 1. The maximum absolute atomic E-state index is 13.2. The van der Waals surface area contributed by atoms with Crippen molar-refractivity contribution in [3.63, 3.8) is 0 Å². The van der Waals surface area contributed by atoms with E-state index in [4.69, 9.17) is 0 Å². The zero-order valence-corrected chi connectivity index (χ0v) is 21.4. The highest BCUT2D eigenvalue weighted by molar-refractivity contribution is 7.92. The third-order valence-corrected chi connectivity index (χ3v) is 7.68. The molecule has 0 spiro atoms. The Hall–Kier alpha value is -4.16. The lowest BCUT2D eigenvalue weighted by atomic mass is 10.2. The van der Waals surface area contributed by atoms with Crippen LogP contribution in [0.25, 0.3) is 16.2 Å². The first-order chi connectivity index (χ1) is 17.7. The molecular weight excluding hydrogens is 515 g/mol. The number of anilines is 2. The van der Waals surface area contributed by atoms with Gasteiger partial charge < -0.3 is 5.32 Å². The van der Waals surface area contributed by atoms with Gasteiger partial charge in [-0.05, 0) is 62.4 Å². The Morgan fingerprint density at radius 2 is 1.76 bits per heavy atom. The number of fused-ring (bicyclic) bond motifs is 1. The van der Waals surface area contributed by atoms with Crippen LogP contribution in [0.3, 0.4) is 0 Å². The first-order valence-electron chi connectivity index (χ1n) is 11.1. The van der Waals surface area contributed by atoms with Crippen molar-refractivity contribution in [1.29, 1.82) is 0 Å². The number of carbonyl (C=O) groups excluding carboxylic acids is 1. The number of thiazole rings is 1. The minimum Gasteiger partial charge on any atom is -0.326 e. The van der Waals surface area contributed by atoms with E-state index in [2.05, 4.69) is 25.0 Å². The number of rotatable bonds is 7. The molecule has 2 aromatic carbocycles. The number of aryl methyl sites for hydroxylation is 2. The van der Waals surface area contributed by atoms with Crippen molar-refractivity contribution in [2.45, 2.75) is 25.2 Å². The van der Waals surface area contributed by atoms with E-state index in [1.54, 1.807) is 32.0 Å². The number of hydrogen-bond donors (Lipinski definition) is 2. The van der Waals surface area contributed by atoms with E-state index in [1.807, 2.05) is 16.0 Å². The summed E-state index contributed by atoms with van der Waals surface area (Å²) in [6.07, 6.45) is 1.90. The largest absolute Gasteiger partial charge is 0.326 e. The van der Waals surface area contributed by atoms with Gasteiger partial charge in [-0.3, -0.25) is 13.9 Å². The number of hydrogen-bond acceptors (Lipinski definition) is 7. The lowest BCUT2D eigenvalue weighted by Crippen LogP contribution is -2.16. The number of nitrogens with one attached hydrogen (secondary N) is 2. The smallest absolute Gasteiger partial charge is 0.263 e. The molecule has 0 fully saturated rings. The molecule has 9 nitrogen and oxygen atoms in total. The maximum Gasteiger partial charge on any atom is 0.263 e. The second kappa shape index (κ2) is 9.71. The Balaban J connectivity index is 1.26. The van der Waals surface area contributed by atoms with Gasteiger partial charge in [0.05, 0.1) is 17.0 Å². The van der Waals surface area contributed by atoms with E-state index < -0.39 is 10.0 Å². The summed E-state index contributed by atoms with van der Waals surface area (Å²) in [6, 6.07) is 13.5. The van der Waals surface area contributed by atoms with Crippen LogP contribution in [0.2, 0.25) is 0 Å². The van der Waals surface area contributed by atoms with Crippen molar-refractivity contribution < 1.29 is 17.6 Å². The SMILES string of the molecule is Cc1cc(NS(=O)(=O)c2ccc(NC(=O)Cc3csc4nc(-c5ccc(F)cc5)cn34)cc2)nc(C)n1. The molecule has 0 aliphatic carbocycles. The summed E-state index contributed by atoms with van der Waals surface area (Å²) in [5.41, 5.74) is 3.32. The molecule has 0 unspecified atom stereocenters. The van der Waals surface area contributed by atoms with Crippen LogP contribution in [0.1, 0.15) is 17.2 Å². The summed E-state index contributed by atoms with van der Waals surface area (Å²) in [7, 11) is -3.86. The summed E-state index contributed by atoms with van der Waals surface area (Å²) in [5, 5.41) is 4.64. The first-order valence-corrected chi connectivity index (χ1v) is 13.5. The Labute approximate surface area is 216 Å². The van der Waals surface area contributed by atoms with Crippen LogP contribution in [-0.2, 0) is 21.2 Å². The molecular formula is C25H21FN6O3S2. The monoisotopic (exact) mass is 536 g/mol. The minimum absolute atomic E-state index is 0.0331. The quantitative estimate of drug-likeness (QED) is 0.314. The number of amides is 1. The number of benzene rings is 2. The molecule has 2 N–H and O–H groups in total. The van der Waals surface area contributed by atoms with E-state index in [9.17, 15) is 17.6 Å². The van der Waals surface area contributed by atoms with Crippen molar-refractivity contribution in [3.8, 4) is 11.3 Å². The Bertz CT molecular complexity index is 1690. The Kier molecular flexibility index (Phi) is 6.44. The molecule has 3 heterocycles. The Morgan fingerprint density at radius 1 is 1.03 bits per heavy atom. The molecule has 37 heavy (non-hydrogen) atoms. The van der Waals surface area contributed by atoms with Crippen LogP contribution in [0.5, 0.6) is 0 Å². The van der Waals surface area contributed by atoms with Gasteiger partial charge in [-0.15, -0.1) is 11.3 Å². The van der Waals surface area contributed by atoms with Gasteiger partial charge in [0.25, 0.3) is 10.0 Å². The van der Waals surface area contributed by atoms with Gasteiger partial charge in [0.1, 0.15) is 17.5 Å². The van der Waals surface area contributed by atoms with E-state index in [0.717, 1.165) is 16.2 Å². The average Bonchev–Trinajstić information content (AvgIpc) is 3.41. The topological polar surface area (TPSA) is 118 Å². The van der Waals surface area contributed by atoms with Crippen LogP contribution in [0, 0.1) is 19.7 Å². The zero-order chi connectivity index (χ0) is 26.2. The maximum atomic E-state index is 13.2. The molecule has 0 radical (unpaired) electrons. The predicted octanol–water partition coefficient (Wildman–Crippen LogP) is 4.59. The van der Waals surface area contributed by atoms with Gasteiger partial charge >= 0.3 is 0 Å². The van der Waals surface area contributed by atoms with Gasteiger partial charge in [0, 0.05) is 40.3 Å². The normalized spacial score (nSPS) is 11.5. The fourth-order valence-corrected chi connectivity index (χ4v) is 5.63. The zero-order valence-electron chi connectivity index (χ0n) is 19.8. The molecule has 1 amide bonds. The molecule has 3 aromatic heterocycles. The van der Waals surface area contributed by atoms with Crippen LogP contribution in [0.4, 0.5) is 15.9 Å². The lowest BCUT2D eigenvalue weighted by molar-refractivity contribution is -0.115. The van der Waals surface area contributed by atoms with E-state index in [1.165, 1.54) is 47.7 Å². The van der Waals surface area contributed by atoms with E-state index >= 15 is 0 Å². The molecule has 0 saturated heterocycles. The molecule has 12 heteroatoms. The summed E-state index contributed by atoms with van der Waals surface area (Å²) in [5.74, 6) is 0.0601. The summed E-state index contributed by atoms with van der Waals surface area (Å²) < 4.78 is 43.0.